The molecule has 3 amide bonds. The molecule has 0 radical (unpaired) electrons. The first kappa shape index (κ1) is 25.2. The number of primary amides is 1. The zero-order valence-corrected chi connectivity index (χ0v) is 20.0. The summed E-state index contributed by atoms with van der Waals surface area (Å²) >= 11 is 0. The second-order valence-electron chi connectivity index (χ2n) is 10.2. The largest absolute Gasteiger partial charge is 0.416 e. The summed E-state index contributed by atoms with van der Waals surface area (Å²) in [6.45, 7) is 0.352. The molecule has 2 aromatic rings. The number of nitrogens with two attached hydrogens (primary N) is 1. The van der Waals surface area contributed by atoms with Gasteiger partial charge < -0.3 is 16.0 Å². The van der Waals surface area contributed by atoms with Crippen molar-refractivity contribution in [1.29, 1.82) is 0 Å². The molecule has 5 rings (SSSR count). The lowest BCUT2D eigenvalue weighted by atomic mass is 9.93. The maximum Gasteiger partial charge on any atom is 0.416 e. The molecule has 0 spiro atoms. The fourth-order valence-corrected chi connectivity index (χ4v) is 5.28. The first-order valence-electron chi connectivity index (χ1n) is 12.4. The van der Waals surface area contributed by atoms with Gasteiger partial charge in [-0.2, -0.15) is 13.2 Å². The van der Waals surface area contributed by atoms with Gasteiger partial charge in [-0.05, 0) is 74.3 Å². The first-order valence-corrected chi connectivity index (χ1v) is 12.4. The van der Waals surface area contributed by atoms with Crippen molar-refractivity contribution in [1.82, 2.24) is 10.2 Å². The van der Waals surface area contributed by atoms with E-state index in [1.54, 1.807) is 24.3 Å². The van der Waals surface area contributed by atoms with Gasteiger partial charge in [-0.15, -0.1) is 0 Å². The molecular weight excluding hydrogens is 490 g/mol. The van der Waals surface area contributed by atoms with Gasteiger partial charge in [0.05, 0.1) is 17.0 Å². The number of nitrogens with one attached hydrogen (secondary N) is 1. The number of halogens is 4. The Balaban J connectivity index is 1.34. The maximum absolute atomic E-state index is 14.7. The molecule has 10 heteroatoms. The van der Waals surface area contributed by atoms with Crippen molar-refractivity contribution >= 4 is 17.7 Å². The van der Waals surface area contributed by atoms with Gasteiger partial charge in [-0.3, -0.25) is 14.4 Å². The van der Waals surface area contributed by atoms with E-state index in [0.29, 0.717) is 62.3 Å². The van der Waals surface area contributed by atoms with E-state index < -0.39 is 46.9 Å². The van der Waals surface area contributed by atoms with Gasteiger partial charge in [-0.1, -0.05) is 18.2 Å². The van der Waals surface area contributed by atoms with Crippen molar-refractivity contribution in [3.63, 3.8) is 0 Å². The van der Waals surface area contributed by atoms with E-state index in [4.69, 9.17) is 5.73 Å². The van der Waals surface area contributed by atoms with E-state index in [9.17, 15) is 31.9 Å². The van der Waals surface area contributed by atoms with Crippen LogP contribution in [-0.2, 0) is 21.2 Å². The zero-order valence-electron chi connectivity index (χ0n) is 20.0. The van der Waals surface area contributed by atoms with Gasteiger partial charge in [-0.25, -0.2) is 4.39 Å². The Kier molecular flexibility index (Phi) is 6.24. The second kappa shape index (κ2) is 9.15. The van der Waals surface area contributed by atoms with Crippen LogP contribution in [0, 0.1) is 11.7 Å². The van der Waals surface area contributed by atoms with Gasteiger partial charge in [0.15, 0.2) is 0 Å². The van der Waals surface area contributed by atoms with Crippen LogP contribution in [0.25, 0.3) is 0 Å². The van der Waals surface area contributed by atoms with Gasteiger partial charge in [0.2, 0.25) is 11.8 Å². The van der Waals surface area contributed by atoms with Crippen LogP contribution in [0.2, 0.25) is 0 Å². The molecule has 3 N–H and O–H groups in total. The molecule has 1 aliphatic heterocycles. The minimum Gasteiger partial charge on any atom is -0.369 e. The minimum absolute atomic E-state index is 0.00797. The predicted molar refractivity (Wildman–Crippen MR) is 126 cm³/mol. The third kappa shape index (κ3) is 4.81. The second-order valence-corrected chi connectivity index (χ2v) is 10.2. The van der Waals surface area contributed by atoms with E-state index in [-0.39, 0.29) is 17.4 Å². The minimum atomic E-state index is -4.67. The number of carbonyl (C=O) groups excluding carboxylic acids is 3. The molecule has 37 heavy (non-hydrogen) atoms. The molecule has 2 saturated carbocycles. The highest BCUT2D eigenvalue weighted by atomic mass is 19.4. The molecule has 2 aromatic carbocycles. The molecule has 196 valence electrons. The Morgan fingerprint density at radius 1 is 1.05 bits per heavy atom. The van der Waals surface area contributed by atoms with E-state index >= 15 is 0 Å². The molecule has 1 saturated heterocycles. The molecular formula is C27H27F4N3O3. The average Bonchev–Trinajstić information content (AvgIpc) is 3.79. The first-order chi connectivity index (χ1) is 17.5. The van der Waals surface area contributed by atoms with Gasteiger partial charge in [0.1, 0.15) is 11.9 Å². The topological polar surface area (TPSA) is 92.5 Å². The summed E-state index contributed by atoms with van der Waals surface area (Å²) in [6.07, 6.45) is -0.987. The number of likely N-dealkylation sites (tertiary alicyclic amines) is 1. The maximum atomic E-state index is 14.7. The Hall–Kier alpha value is -3.43. The highest BCUT2D eigenvalue weighted by Crippen LogP contribution is 2.48. The van der Waals surface area contributed by atoms with Crippen LogP contribution in [0.3, 0.4) is 0 Å². The lowest BCUT2D eigenvalue weighted by Crippen LogP contribution is -2.47. The van der Waals surface area contributed by atoms with E-state index in [1.807, 2.05) is 0 Å². The Labute approximate surface area is 211 Å². The van der Waals surface area contributed by atoms with Gasteiger partial charge in [0.25, 0.3) is 5.91 Å². The quantitative estimate of drug-likeness (QED) is 0.539. The average molecular weight is 518 g/mol. The lowest BCUT2D eigenvalue weighted by Gasteiger charge is -2.27. The number of amides is 3. The van der Waals surface area contributed by atoms with Crippen LogP contribution >= 0.6 is 0 Å². The fraction of sp³-hybridized carbons (Fsp3) is 0.444. The van der Waals surface area contributed by atoms with Crippen LogP contribution in [0.1, 0.15) is 71.6 Å². The van der Waals surface area contributed by atoms with E-state index in [0.717, 1.165) is 12.1 Å². The van der Waals surface area contributed by atoms with Gasteiger partial charge in [0, 0.05) is 17.7 Å². The van der Waals surface area contributed by atoms with Crippen LogP contribution in [-0.4, -0.2) is 35.2 Å². The van der Waals surface area contributed by atoms with Crippen molar-refractivity contribution in [3.8, 4) is 0 Å². The fourth-order valence-electron chi connectivity index (χ4n) is 5.28. The van der Waals surface area contributed by atoms with Crippen molar-refractivity contribution in [2.24, 2.45) is 11.7 Å². The van der Waals surface area contributed by atoms with Crippen LogP contribution in [0.4, 0.5) is 17.6 Å². The van der Waals surface area contributed by atoms with Crippen molar-refractivity contribution < 1.29 is 31.9 Å². The normalized spacial score (nSPS) is 21.4. The summed E-state index contributed by atoms with van der Waals surface area (Å²) in [6, 6.07) is 7.51. The summed E-state index contributed by atoms with van der Waals surface area (Å²) in [5.41, 5.74) is 4.76. The summed E-state index contributed by atoms with van der Waals surface area (Å²) in [5, 5.41) is 2.82. The molecule has 3 fully saturated rings. The molecule has 1 unspecified atom stereocenters. The van der Waals surface area contributed by atoms with E-state index in [1.165, 1.54) is 4.90 Å². The lowest BCUT2D eigenvalue weighted by molar-refractivity contribution is -0.137. The number of hydrogen-bond donors (Lipinski definition) is 2. The molecule has 6 nitrogen and oxygen atoms in total. The number of rotatable bonds is 7. The van der Waals surface area contributed by atoms with Crippen LogP contribution in [0.5, 0.6) is 0 Å². The van der Waals surface area contributed by atoms with Crippen molar-refractivity contribution in [2.75, 3.05) is 6.54 Å². The molecule has 0 bridgehead atoms. The predicted octanol–water partition coefficient (Wildman–Crippen LogP) is 4.23. The third-order valence-corrected chi connectivity index (χ3v) is 7.75. The summed E-state index contributed by atoms with van der Waals surface area (Å²) in [5.74, 6) is -2.36. The molecule has 3 aliphatic rings. The molecule has 0 aromatic heterocycles. The van der Waals surface area contributed by atoms with Crippen molar-refractivity contribution in [3.05, 3.63) is 70.5 Å². The Morgan fingerprint density at radius 3 is 2.38 bits per heavy atom. The molecule has 2 aliphatic carbocycles. The summed E-state index contributed by atoms with van der Waals surface area (Å²) in [7, 11) is 0. The smallest absolute Gasteiger partial charge is 0.369 e. The van der Waals surface area contributed by atoms with Crippen LogP contribution in [0.15, 0.2) is 42.5 Å². The van der Waals surface area contributed by atoms with Gasteiger partial charge >= 0.3 is 6.18 Å². The number of benzene rings is 2. The van der Waals surface area contributed by atoms with Crippen LogP contribution < -0.4 is 11.1 Å². The summed E-state index contributed by atoms with van der Waals surface area (Å²) in [4.78, 5) is 40.1. The number of nitrogens with zero attached hydrogens (tertiary/aromatic N) is 1. The summed E-state index contributed by atoms with van der Waals surface area (Å²) < 4.78 is 53.7. The Bertz CT molecular complexity index is 1250. The van der Waals surface area contributed by atoms with Crippen molar-refractivity contribution in [2.45, 2.75) is 62.2 Å². The SMILES string of the molecule is NC(=O)C1(c2cccc(C(=O)N3CCC[C@@H]3C(=O)NC(c3ccc(C(F)(F)F)cc3F)C3CC3)c2)CC1. The van der Waals surface area contributed by atoms with E-state index in [2.05, 4.69) is 5.32 Å². The highest BCUT2D eigenvalue weighted by molar-refractivity contribution is 5.99. The number of carbonyl (C=O) groups is 3. The Morgan fingerprint density at radius 2 is 1.78 bits per heavy atom. The zero-order chi connectivity index (χ0) is 26.5. The monoisotopic (exact) mass is 517 g/mol. The third-order valence-electron chi connectivity index (χ3n) is 7.75. The number of alkyl halides is 3. The number of hydrogen-bond acceptors (Lipinski definition) is 3. The standard InChI is InChI=1S/C27H27F4N3O3/c28-20-14-18(27(29,30)31)8-9-19(20)22(15-6-7-15)33-23(35)21-5-2-12-34(21)24(36)16-3-1-4-17(13-16)26(10-11-26)25(32)37/h1,3-4,8-9,13-15,21-22H,2,5-7,10-12H2,(H2,32,37)(H,33,35)/t21-,22?/m1/s1. The molecule has 1 heterocycles. The highest BCUT2D eigenvalue weighted by Gasteiger charge is 2.50. The molecule has 2 atom stereocenters.